The molecule has 0 fully saturated rings. The van der Waals surface area contributed by atoms with E-state index in [1.54, 1.807) is 17.8 Å². The first kappa shape index (κ1) is 16.3. The third kappa shape index (κ3) is 4.45. The SMILES string of the molecule is CCSc1ccc(C(Cc2ccc(Cl)c(F)c2)NN)cc1. The molecule has 2 aromatic carbocycles. The minimum Gasteiger partial charge on any atom is -0.271 e. The molecular formula is C16H18ClFN2S. The Morgan fingerprint density at radius 1 is 1.24 bits per heavy atom. The van der Waals surface area contributed by atoms with Crippen LogP contribution in [0.2, 0.25) is 5.02 Å². The third-order valence-corrected chi connectivity index (χ3v) is 4.42. The Hall–Kier alpha value is -1.07. The smallest absolute Gasteiger partial charge is 0.142 e. The summed E-state index contributed by atoms with van der Waals surface area (Å²) < 4.78 is 13.5. The summed E-state index contributed by atoms with van der Waals surface area (Å²) in [4.78, 5) is 1.23. The number of thioether (sulfide) groups is 1. The van der Waals surface area contributed by atoms with E-state index in [2.05, 4.69) is 36.6 Å². The van der Waals surface area contributed by atoms with Crippen molar-refractivity contribution in [1.29, 1.82) is 0 Å². The molecule has 0 saturated carbocycles. The van der Waals surface area contributed by atoms with Crippen LogP contribution in [0, 0.1) is 5.82 Å². The van der Waals surface area contributed by atoms with Gasteiger partial charge in [-0.15, -0.1) is 11.8 Å². The highest BCUT2D eigenvalue weighted by atomic mass is 35.5. The molecule has 1 atom stereocenters. The molecule has 0 aromatic heterocycles. The van der Waals surface area contributed by atoms with Crippen molar-refractivity contribution in [2.75, 3.05) is 5.75 Å². The van der Waals surface area contributed by atoms with Crippen molar-refractivity contribution in [2.45, 2.75) is 24.3 Å². The molecule has 21 heavy (non-hydrogen) atoms. The fraction of sp³-hybridized carbons (Fsp3) is 0.250. The molecule has 3 N–H and O–H groups in total. The topological polar surface area (TPSA) is 38.0 Å². The fourth-order valence-electron chi connectivity index (χ4n) is 2.14. The predicted octanol–water partition coefficient (Wildman–Crippen LogP) is 4.34. The van der Waals surface area contributed by atoms with Gasteiger partial charge in [0.1, 0.15) is 5.82 Å². The van der Waals surface area contributed by atoms with Crippen LogP contribution in [0.1, 0.15) is 24.1 Å². The zero-order chi connectivity index (χ0) is 15.2. The van der Waals surface area contributed by atoms with Crippen LogP contribution in [-0.2, 0) is 6.42 Å². The lowest BCUT2D eigenvalue weighted by atomic mass is 9.99. The van der Waals surface area contributed by atoms with Crippen LogP contribution in [0.4, 0.5) is 4.39 Å². The molecular weight excluding hydrogens is 307 g/mol. The van der Waals surface area contributed by atoms with Gasteiger partial charge in [0, 0.05) is 10.9 Å². The van der Waals surface area contributed by atoms with Crippen molar-refractivity contribution in [1.82, 2.24) is 5.43 Å². The molecule has 0 aliphatic heterocycles. The maximum Gasteiger partial charge on any atom is 0.142 e. The van der Waals surface area contributed by atoms with E-state index in [4.69, 9.17) is 17.4 Å². The van der Waals surface area contributed by atoms with Crippen LogP contribution in [0.5, 0.6) is 0 Å². The van der Waals surface area contributed by atoms with Crippen LogP contribution in [-0.4, -0.2) is 5.75 Å². The fourth-order valence-corrected chi connectivity index (χ4v) is 2.92. The molecule has 2 rings (SSSR count). The number of nitrogens with two attached hydrogens (primary N) is 1. The Labute approximate surface area is 133 Å². The molecule has 0 spiro atoms. The molecule has 112 valence electrons. The molecule has 0 bridgehead atoms. The third-order valence-electron chi connectivity index (χ3n) is 3.22. The molecule has 0 heterocycles. The number of rotatable bonds is 6. The Bertz CT molecular complexity index is 589. The minimum absolute atomic E-state index is 0.0637. The second-order valence-corrected chi connectivity index (χ2v) is 6.42. The normalized spacial score (nSPS) is 12.4. The van der Waals surface area contributed by atoms with Gasteiger partial charge >= 0.3 is 0 Å². The van der Waals surface area contributed by atoms with Crippen LogP contribution in [0.15, 0.2) is 47.4 Å². The maximum atomic E-state index is 13.5. The zero-order valence-corrected chi connectivity index (χ0v) is 13.3. The van der Waals surface area contributed by atoms with Crippen molar-refractivity contribution in [2.24, 2.45) is 5.84 Å². The minimum atomic E-state index is -0.403. The van der Waals surface area contributed by atoms with Gasteiger partial charge in [-0.1, -0.05) is 36.7 Å². The van der Waals surface area contributed by atoms with Gasteiger partial charge in [0.15, 0.2) is 0 Å². The lowest BCUT2D eigenvalue weighted by Crippen LogP contribution is -2.29. The Kier molecular flexibility index (Phi) is 6.06. The van der Waals surface area contributed by atoms with Crippen molar-refractivity contribution in [3.63, 3.8) is 0 Å². The van der Waals surface area contributed by atoms with Crippen LogP contribution < -0.4 is 11.3 Å². The van der Waals surface area contributed by atoms with Gasteiger partial charge in [0.2, 0.25) is 0 Å². The van der Waals surface area contributed by atoms with Gasteiger partial charge in [0.25, 0.3) is 0 Å². The first-order valence-electron chi connectivity index (χ1n) is 6.77. The number of nitrogens with one attached hydrogen (secondary N) is 1. The van der Waals surface area contributed by atoms with Gasteiger partial charge in [-0.25, -0.2) is 4.39 Å². The molecule has 2 aromatic rings. The van der Waals surface area contributed by atoms with E-state index in [1.165, 1.54) is 11.0 Å². The van der Waals surface area contributed by atoms with Gasteiger partial charge in [0.05, 0.1) is 5.02 Å². The zero-order valence-electron chi connectivity index (χ0n) is 11.8. The van der Waals surface area contributed by atoms with Crippen LogP contribution in [0.25, 0.3) is 0 Å². The van der Waals surface area contributed by atoms with Crippen molar-refractivity contribution in [3.05, 3.63) is 64.4 Å². The lowest BCUT2D eigenvalue weighted by molar-refractivity contribution is 0.548. The summed E-state index contributed by atoms with van der Waals surface area (Å²) in [5.74, 6) is 6.28. The average molecular weight is 325 g/mol. The first-order valence-corrected chi connectivity index (χ1v) is 8.13. The monoisotopic (exact) mass is 324 g/mol. The second-order valence-electron chi connectivity index (χ2n) is 4.67. The standard InChI is InChI=1S/C16H18ClFN2S/c1-2-21-13-6-4-12(5-7-13)16(20-19)10-11-3-8-14(17)15(18)9-11/h3-9,16,20H,2,10,19H2,1H3. The molecule has 0 aliphatic carbocycles. The van der Waals surface area contributed by atoms with E-state index < -0.39 is 5.82 Å². The molecule has 2 nitrogen and oxygen atoms in total. The molecule has 0 amide bonds. The maximum absolute atomic E-state index is 13.5. The van der Waals surface area contributed by atoms with Gasteiger partial charge in [-0.3, -0.25) is 11.3 Å². The molecule has 1 unspecified atom stereocenters. The largest absolute Gasteiger partial charge is 0.271 e. The van der Waals surface area contributed by atoms with Crippen molar-refractivity contribution in [3.8, 4) is 0 Å². The Balaban J connectivity index is 2.13. The number of hydrogen-bond acceptors (Lipinski definition) is 3. The average Bonchev–Trinajstić information content (AvgIpc) is 2.50. The van der Waals surface area contributed by atoms with E-state index >= 15 is 0 Å². The number of benzene rings is 2. The van der Waals surface area contributed by atoms with E-state index in [-0.39, 0.29) is 11.1 Å². The summed E-state index contributed by atoms with van der Waals surface area (Å²) in [6.45, 7) is 2.12. The van der Waals surface area contributed by atoms with Crippen molar-refractivity contribution >= 4 is 23.4 Å². The number of halogens is 2. The van der Waals surface area contributed by atoms with Gasteiger partial charge in [-0.05, 0) is 47.6 Å². The summed E-state index contributed by atoms with van der Waals surface area (Å²) in [5.41, 5.74) is 4.72. The highest BCUT2D eigenvalue weighted by Crippen LogP contribution is 2.24. The number of hydrazine groups is 1. The summed E-state index contributed by atoms with van der Waals surface area (Å²) in [5, 5.41) is 0.136. The summed E-state index contributed by atoms with van der Waals surface area (Å²) in [6, 6.07) is 13.0. The van der Waals surface area contributed by atoms with Crippen LogP contribution in [0.3, 0.4) is 0 Å². The highest BCUT2D eigenvalue weighted by molar-refractivity contribution is 7.99. The van der Waals surface area contributed by atoms with E-state index in [9.17, 15) is 4.39 Å². The molecule has 0 saturated heterocycles. The van der Waals surface area contributed by atoms with E-state index in [0.717, 1.165) is 16.9 Å². The molecule has 0 radical (unpaired) electrons. The van der Waals surface area contributed by atoms with Crippen LogP contribution >= 0.6 is 23.4 Å². The highest BCUT2D eigenvalue weighted by Gasteiger charge is 2.12. The number of hydrogen-bond donors (Lipinski definition) is 2. The van der Waals surface area contributed by atoms with E-state index in [0.29, 0.717) is 6.42 Å². The van der Waals surface area contributed by atoms with Gasteiger partial charge < -0.3 is 0 Å². The van der Waals surface area contributed by atoms with E-state index in [1.807, 2.05) is 6.07 Å². The summed E-state index contributed by atoms with van der Waals surface area (Å²) in [6.07, 6.45) is 0.602. The predicted molar refractivity (Wildman–Crippen MR) is 88.0 cm³/mol. The first-order chi connectivity index (χ1) is 10.1. The molecule has 5 heteroatoms. The molecule has 0 aliphatic rings. The Morgan fingerprint density at radius 3 is 2.52 bits per heavy atom. The quantitative estimate of drug-likeness (QED) is 0.471. The van der Waals surface area contributed by atoms with Gasteiger partial charge in [-0.2, -0.15) is 0 Å². The lowest BCUT2D eigenvalue weighted by Gasteiger charge is -2.17. The summed E-state index contributed by atoms with van der Waals surface area (Å²) in [7, 11) is 0. The Morgan fingerprint density at radius 2 is 1.95 bits per heavy atom. The van der Waals surface area contributed by atoms with Crippen molar-refractivity contribution < 1.29 is 4.39 Å². The summed E-state index contributed by atoms with van der Waals surface area (Å²) >= 11 is 7.49. The second kappa shape index (κ2) is 7.80.